The maximum atomic E-state index is 6.04. The van der Waals surface area contributed by atoms with Crippen LogP contribution < -0.4 is 10.1 Å². The molecule has 0 amide bonds. The minimum Gasteiger partial charge on any atom is -0.496 e. The minimum absolute atomic E-state index is 0.484. The molecule has 0 radical (unpaired) electrons. The van der Waals surface area contributed by atoms with Crippen LogP contribution in [0, 0.1) is 6.92 Å². The third-order valence-electron chi connectivity index (χ3n) is 2.67. The molecule has 19 heavy (non-hydrogen) atoms. The van der Waals surface area contributed by atoms with E-state index in [9.17, 15) is 0 Å². The number of aromatic nitrogens is 1. The molecule has 2 rings (SSSR count). The van der Waals surface area contributed by atoms with Crippen LogP contribution in [0.5, 0.6) is 5.75 Å². The van der Waals surface area contributed by atoms with Crippen LogP contribution in [0.15, 0.2) is 34.9 Å². The molecule has 2 aromatic rings. The number of aryl methyl sites for hydroxylation is 1. The van der Waals surface area contributed by atoms with Gasteiger partial charge in [0.05, 0.1) is 17.3 Å². The van der Waals surface area contributed by atoms with E-state index in [1.54, 1.807) is 13.3 Å². The van der Waals surface area contributed by atoms with Gasteiger partial charge in [-0.1, -0.05) is 17.7 Å². The summed E-state index contributed by atoms with van der Waals surface area (Å²) in [5.41, 5.74) is 3.04. The summed E-state index contributed by atoms with van der Waals surface area (Å²) >= 11 is 9.51. The van der Waals surface area contributed by atoms with Gasteiger partial charge in [0.25, 0.3) is 0 Å². The second kappa shape index (κ2) is 6.26. The Labute approximate surface area is 126 Å². The van der Waals surface area contributed by atoms with Gasteiger partial charge in [0.15, 0.2) is 5.15 Å². The summed E-state index contributed by atoms with van der Waals surface area (Å²) in [5.74, 6) is 0.819. The van der Waals surface area contributed by atoms with Crippen LogP contribution in [-0.2, 0) is 6.54 Å². The van der Waals surface area contributed by atoms with Crippen LogP contribution >= 0.6 is 27.5 Å². The average molecular weight is 342 g/mol. The van der Waals surface area contributed by atoms with Gasteiger partial charge in [0.2, 0.25) is 0 Å². The number of halogens is 2. The Hall–Kier alpha value is -1.26. The molecule has 1 N–H and O–H groups in total. The number of hydrogen-bond acceptors (Lipinski definition) is 3. The van der Waals surface area contributed by atoms with Gasteiger partial charge in [-0.3, -0.25) is 0 Å². The minimum atomic E-state index is 0.484. The molecule has 1 heterocycles. The van der Waals surface area contributed by atoms with E-state index in [2.05, 4.69) is 26.2 Å². The number of nitrogens with one attached hydrogen (secondary N) is 1. The average Bonchev–Trinajstić information content (AvgIpc) is 2.40. The van der Waals surface area contributed by atoms with E-state index < -0.39 is 0 Å². The fraction of sp³-hybridized carbons (Fsp3) is 0.214. The van der Waals surface area contributed by atoms with Gasteiger partial charge < -0.3 is 10.1 Å². The van der Waals surface area contributed by atoms with Crippen LogP contribution in [0.4, 0.5) is 5.69 Å². The molecule has 0 saturated carbocycles. The first-order valence-corrected chi connectivity index (χ1v) is 6.95. The third kappa shape index (κ3) is 3.61. The Morgan fingerprint density at radius 1 is 1.37 bits per heavy atom. The Kier molecular flexibility index (Phi) is 4.66. The molecular formula is C14H14BrClN2O. The first-order chi connectivity index (χ1) is 9.10. The normalized spacial score (nSPS) is 10.3. The lowest BCUT2D eigenvalue weighted by molar-refractivity contribution is 0.412. The van der Waals surface area contributed by atoms with Gasteiger partial charge in [0.1, 0.15) is 5.75 Å². The molecule has 0 atom stereocenters. The Bertz CT molecular complexity index is 590. The summed E-state index contributed by atoms with van der Waals surface area (Å²) in [5, 5.41) is 3.76. The summed E-state index contributed by atoms with van der Waals surface area (Å²) in [4.78, 5) is 4.11. The number of hydrogen-bond donors (Lipinski definition) is 1. The van der Waals surface area contributed by atoms with Crippen molar-refractivity contribution in [3.8, 4) is 5.75 Å². The molecule has 1 aromatic heterocycles. The van der Waals surface area contributed by atoms with E-state index in [0.29, 0.717) is 11.7 Å². The van der Waals surface area contributed by atoms with E-state index in [1.807, 2.05) is 31.2 Å². The number of pyridine rings is 1. The van der Waals surface area contributed by atoms with Gasteiger partial charge in [0, 0.05) is 12.7 Å². The fourth-order valence-electron chi connectivity index (χ4n) is 1.69. The standard InChI is InChI=1S/C14H14BrClN2O/c1-9-5-12(14(16)18-7-9)17-8-10-3-4-13(19-2)11(15)6-10/h3-7,17H,8H2,1-2H3. The van der Waals surface area contributed by atoms with Crippen molar-refractivity contribution in [3.63, 3.8) is 0 Å². The molecule has 100 valence electrons. The van der Waals surface area contributed by atoms with Crippen LogP contribution in [0.25, 0.3) is 0 Å². The van der Waals surface area contributed by atoms with Crippen molar-refractivity contribution in [2.45, 2.75) is 13.5 Å². The number of methoxy groups -OCH3 is 1. The quantitative estimate of drug-likeness (QED) is 0.836. The second-order valence-corrected chi connectivity index (χ2v) is 5.39. The zero-order valence-corrected chi connectivity index (χ0v) is 13.0. The molecule has 0 fully saturated rings. The van der Waals surface area contributed by atoms with Gasteiger partial charge in [-0.15, -0.1) is 0 Å². The van der Waals surface area contributed by atoms with E-state index in [0.717, 1.165) is 27.0 Å². The lowest BCUT2D eigenvalue weighted by atomic mass is 10.2. The van der Waals surface area contributed by atoms with Crippen LogP contribution in [0.2, 0.25) is 5.15 Å². The number of nitrogens with zero attached hydrogens (tertiary/aromatic N) is 1. The lowest BCUT2D eigenvalue weighted by Crippen LogP contribution is -2.01. The largest absolute Gasteiger partial charge is 0.496 e. The first kappa shape index (κ1) is 14.2. The van der Waals surface area contributed by atoms with Crippen molar-refractivity contribution in [1.82, 2.24) is 4.98 Å². The molecular weight excluding hydrogens is 328 g/mol. The van der Waals surface area contributed by atoms with Gasteiger partial charge in [-0.2, -0.15) is 0 Å². The summed E-state index contributed by atoms with van der Waals surface area (Å²) < 4.78 is 6.13. The van der Waals surface area contributed by atoms with Crippen molar-refractivity contribution < 1.29 is 4.74 Å². The number of ether oxygens (including phenoxy) is 1. The van der Waals surface area contributed by atoms with E-state index in [4.69, 9.17) is 16.3 Å². The topological polar surface area (TPSA) is 34.1 Å². The molecule has 5 heteroatoms. The number of rotatable bonds is 4. The Balaban J connectivity index is 2.10. The zero-order chi connectivity index (χ0) is 13.8. The monoisotopic (exact) mass is 340 g/mol. The third-order valence-corrected chi connectivity index (χ3v) is 3.60. The number of benzene rings is 1. The van der Waals surface area contributed by atoms with Gasteiger partial charge in [-0.25, -0.2) is 4.98 Å². The van der Waals surface area contributed by atoms with Crippen LogP contribution in [0.3, 0.4) is 0 Å². The Morgan fingerprint density at radius 2 is 2.16 bits per heavy atom. The summed E-state index contributed by atoms with van der Waals surface area (Å²) in [7, 11) is 1.65. The first-order valence-electron chi connectivity index (χ1n) is 5.78. The molecule has 0 bridgehead atoms. The maximum absolute atomic E-state index is 6.04. The number of anilines is 1. The van der Waals surface area contributed by atoms with Crippen molar-refractivity contribution in [3.05, 3.63) is 51.2 Å². The molecule has 0 aliphatic carbocycles. The van der Waals surface area contributed by atoms with Crippen molar-refractivity contribution >= 4 is 33.2 Å². The zero-order valence-electron chi connectivity index (χ0n) is 10.7. The van der Waals surface area contributed by atoms with Crippen LogP contribution in [-0.4, -0.2) is 12.1 Å². The molecule has 0 spiro atoms. The molecule has 0 aliphatic rings. The predicted octanol–water partition coefficient (Wildman–Crippen LogP) is 4.43. The highest BCUT2D eigenvalue weighted by Crippen LogP contribution is 2.26. The lowest BCUT2D eigenvalue weighted by Gasteiger charge is -2.10. The summed E-state index contributed by atoms with van der Waals surface area (Å²) in [6.45, 7) is 2.66. The van der Waals surface area contributed by atoms with Gasteiger partial charge in [-0.05, 0) is 52.2 Å². The van der Waals surface area contributed by atoms with E-state index in [-0.39, 0.29) is 0 Å². The van der Waals surface area contributed by atoms with Crippen molar-refractivity contribution in [1.29, 1.82) is 0 Å². The molecule has 0 saturated heterocycles. The SMILES string of the molecule is COc1ccc(CNc2cc(C)cnc2Cl)cc1Br. The van der Waals surface area contributed by atoms with Crippen molar-refractivity contribution in [2.75, 3.05) is 12.4 Å². The molecule has 0 aliphatic heterocycles. The van der Waals surface area contributed by atoms with Gasteiger partial charge >= 0.3 is 0 Å². The molecule has 0 unspecified atom stereocenters. The predicted molar refractivity (Wildman–Crippen MR) is 82.0 cm³/mol. The second-order valence-electron chi connectivity index (χ2n) is 4.17. The highest BCUT2D eigenvalue weighted by atomic mass is 79.9. The Morgan fingerprint density at radius 3 is 2.84 bits per heavy atom. The summed E-state index contributed by atoms with van der Waals surface area (Å²) in [6, 6.07) is 7.93. The van der Waals surface area contributed by atoms with Crippen molar-refractivity contribution in [2.24, 2.45) is 0 Å². The summed E-state index contributed by atoms with van der Waals surface area (Å²) in [6.07, 6.45) is 1.75. The maximum Gasteiger partial charge on any atom is 0.152 e. The highest BCUT2D eigenvalue weighted by molar-refractivity contribution is 9.10. The van der Waals surface area contributed by atoms with E-state index in [1.165, 1.54) is 0 Å². The highest BCUT2D eigenvalue weighted by Gasteiger charge is 2.04. The van der Waals surface area contributed by atoms with E-state index >= 15 is 0 Å². The molecule has 1 aromatic carbocycles. The smallest absolute Gasteiger partial charge is 0.152 e. The van der Waals surface area contributed by atoms with Crippen LogP contribution in [0.1, 0.15) is 11.1 Å². The molecule has 3 nitrogen and oxygen atoms in total. The fourth-order valence-corrected chi connectivity index (χ4v) is 2.45.